The fraction of sp³-hybridized carbons (Fsp3) is 0.478. The van der Waals surface area contributed by atoms with Crippen molar-refractivity contribution in [3.05, 3.63) is 35.0 Å². The summed E-state index contributed by atoms with van der Waals surface area (Å²) >= 11 is 1.45. The van der Waals surface area contributed by atoms with Crippen LogP contribution in [0.3, 0.4) is 0 Å². The summed E-state index contributed by atoms with van der Waals surface area (Å²) in [6, 6.07) is 8.38. The Bertz CT molecular complexity index is 987. The van der Waals surface area contributed by atoms with E-state index in [-0.39, 0.29) is 11.7 Å². The second kappa shape index (κ2) is 9.05. The van der Waals surface area contributed by atoms with Crippen molar-refractivity contribution >= 4 is 23.5 Å². The molecule has 2 aliphatic rings. The average Bonchev–Trinajstić information content (AvgIpc) is 3.01. The minimum Gasteiger partial charge on any atom is -0.486 e. The minimum atomic E-state index is -0.110. The highest BCUT2D eigenvalue weighted by Gasteiger charge is 2.26. The third-order valence-electron chi connectivity index (χ3n) is 5.95. The summed E-state index contributed by atoms with van der Waals surface area (Å²) < 4.78 is 13.4. The van der Waals surface area contributed by atoms with Crippen LogP contribution in [0.4, 0.5) is 5.82 Å². The second-order valence-electron chi connectivity index (χ2n) is 7.85. The molecule has 0 bridgehead atoms. The fourth-order valence-corrected chi connectivity index (χ4v) is 5.04. The van der Waals surface area contributed by atoms with E-state index in [1.165, 1.54) is 31.0 Å². The lowest BCUT2D eigenvalue weighted by Crippen LogP contribution is -2.21. The first-order valence-electron chi connectivity index (χ1n) is 10.5. The van der Waals surface area contributed by atoms with Crippen molar-refractivity contribution in [2.75, 3.05) is 24.3 Å². The van der Waals surface area contributed by atoms with Crippen molar-refractivity contribution in [1.82, 2.24) is 4.57 Å². The molecule has 1 saturated carbocycles. The van der Waals surface area contributed by atoms with Gasteiger partial charge in [0, 0.05) is 16.6 Å². The van der Waals surface area contributed by atoms with E-state index in [2.05, 4.69) is 16.0 Å². The lowest BCUT2D eigenvalue weighted by atomic mass is 9.95. The van der Waals surface area contributed by atoms with Gasteiger partial charge in [-0.2, -0.15) is 5.26 Å². The van der Waals surface area contributed by atoms with E-state index in [0.29, 0.717) is 30.6 Å². The van der Waals surface area contributed by atoms with Crippen LogP contribution < -0.4 is 14.8 Å². The number of carbonyl (C=O) groups is 1. The first-order chi connectivity index (χ1) is 14.6. The van der Waals surface area contributed by atoms with Crippen LogP contribution in [-0.4, -0.2) is 29.4 Å². The molecule has 30 heavy (non-hydrogen) atoms. The summed E-state index contributed by atoms with van der Waals surface area (Å²) in [7, 11) is 0. The predicted octanol–water partition coefficient (Wildman–Crippen LogP) is 4.98. The van der Waals surface area contributed by atoms with E-state index in [1.807, 2.05) is 32.0 Å². The normalized spacial score (nSPS) is 16.2. The zero-order chi connectivity index (χ0) is 21.1. The average molecular weight is 426 g/mol. The standard InChI is InChI=1S/C23H27N3O3S/c1-15-16(2)26(17-6-4-3-5-7-17)23(19(15)13-24)25-22(27)14-30-18-8-9-20-21(12-18)29-11-10-28-20/h8-9,12,17H,3-7,10-11,14H2,1-2H3,(H,25,27). The molecule has 0 atom stereocenters. The summed E-state index contributed by atoms with van der Waals surface area (Å²) in [5, 5.41) is 12.8. The molecule has 7 heteroatoms. The van der Waals surface area contributed by atoms with Gasteiger partial charge in [-0.15, -0.1) is 11.8 Å². The number of nitriles is 1. The number of ether oxygens (including phenoxy) is 2. The molecule has 4 rings (SSSR count). The molecule has 1 aromatic heterocycles. The second-order valence-corrected chi connectivity index (χ2v) is 8.90. The Morgan fingerprint density at radius 3 is 2.67 bits per heavy atom. The van der Waals surface area contributed by atoms with Crippen LogP contribution in [0.15, 0.2) is 23.1 Å². The van der Waals surface area contributed by atoms with Crippen molar-refractivity contribution < 1.29 is 14.3 Å². The Morgan fingerprint density at radius 2 is 1.93 bits per heavy atom. The summed E-state index contributed by atoms with van der Waals surface area (Å²) in [6.07, 6.45) is 5.82. The number of rotatable bonds is 5. The molecule has 0 spiro atoms. The monoisotopic (exact) mass is 425 g/mol. The molecule has 1 amide bonds. The van der Waals surface area contributed by atoms with E-state index >= 15 is 0 Å². The van der Waals surface area contributed by atoms with Gasteiger partial charge in [0.05, 0.1) is 11.3 Å². The fourth-order valence-electron chi connectivity index (χ4n) is 4.31. The molecule has 6 nitrogen and oxygen atoms in total. The molecule has 0 unspecified atom stereocenters. The van der Waals surface area contributed by atoms with E-state index in [0.717, 1.165) is 40.5 Å². The van der Waals surface area contributed by atoms with Gasteiger partial charge in [-0.1, -0.05) is 19.3 Å². The first kappa shape index (κ1) is 20.7. The summed E-state index contributed by atoms with van der Waals surface area (Å²) in [5.41, 5.74) is 2.61. The highest BCUT2D eigenvalue weighted by molar-refractivity contribution is 8.00. The Labute approximate surface area is 181 Å². The van der Waals surface area contributed by atoms with Gasteiger partial charge in [0.15, 0.2) is 11.5 Å². The van der Waals surface area contributed by atoms with E-state index in [9.17, 15) is 10.1 Å². The third kappa shape index (κ3) is 4.15. The predicted molar refractivity (Wildman–Crippen MR) is 118 cm³/mol. The minimum absolute atomic E-state index is 0.110. The largest absolute Gasteiger partial charge is 0.486 e. The van der Waals surface area contributed by atoms with Crippen molar-refractivity contribution in [3.8, 4) is 17.6 Å². The van der Waals surface area contributed by atoms with Crippen molar-refractivity contribution in [1.29, 1.82) is 5.26 Å². The van der Waals surface area contributed by atoms with Gasteiger partial charge in [0.25, 0.3) is 0 Å². The quantitative estimate of drug-likeness (QED) is 0.684. The van der Waals surface area contributed by atoms with Gasteiger partial charge in [-0.3, -0.25) is 4.79 Å². The molecular formula is C23H27N3O3S. The van der Waals surface area contributed by atoms with Crippen molar-refractivity contribution in [2.45, 2.75) is 56.9 Å². The number of thioether (sulfide) groups is 1. The van der Waals surface area contributed by atoms with Crippen LogP contribution in [0.2, 0.25) is 0 Å². The number of anilines is 1. The molecule has 0 radical (unpaired) electrons. The van der Waals surface area contributed by atoms with E-state index in [4.69, 9.17) is 9.47 Å². The topological polar surface area (TPSA) is 76.3 Å². The van der Waals surface area contributed by atoms with Crippen LogP contribution in [0.5, 0.6) is 11.5 Å². The molecule has 158 valence electrons. The Balaban J connectivity index is 1.49. The van der Waals surface area contributed by atoms with Crippen LogP contribution in [0.25, 0.3) is 0 Å². The molecule has 1 aliphatic carbocycles. The Kier molecular flexibility index (Phi) is 6.24. The number of aromatic nitrogens is 1. The Morgan fingerprint density at radius 1 is 1.20 bits per heavy atom. The number of hydrogen-bond donors (Lipinski definition) is 1. The summed E-state index contributed by atoms with van der Waals surface area (Å²) in [5.74, 6) is 2.27. The highest BCUT2D eigenvalue weighted by atomic mass is 32.2. The van der Waals surface area contributed by atoms with E-state index in [1.54, 1.807) is 0 Å². The maximum absolute atomic E-state index is 12.8. The van der Waals surface area contributed by atoms with Gasteiger partial charge < -0.3 is 19.4 Å². The zero-order valence-electron chi connectivity index (χ0n) is 17.5. The van der Waals surface area contributed by atoms with E-state index < -0.39 is 0 Å². The maximum atomic E-state index is 12.8. The van der Waals surface area contributed by atoms with Gasteiger partial charge in [0.2, 0.25) is 5.91 Å². The number of nitrogens with one attached hydrogen (secondary N) is 1. The summed E-state index contributed by atoms with van der Waals surface area (Å²) in [6.45, 7) is 5.11. The maximum Gasteiger partial charge on any atom is 0.235 e. The van der Waals surface area contributed by atoms with Crippen molar-refractivity contribution in [3.63, 3.8) is 0 Å². The van der Waals surface area contributed by atoms with Crippen LogP contribution in [0.1, 0.15) is 55.0 Å². The number of nitrogens with zero attached hydrogens (tertiary/aromatic N) is 2. The van der Waals surface area contributed by atoms with Crippen LogP contribution in [0, 0.1) is 25.2 Å². The van der Waals surface area contributed by atoms with Crippen molar-refractivity contribution in [2.24, 2.45) is 0 Å². The highest BCUT2D eigenvalue weighted by Crippen LogP contribution is 2.37. The number of fused-ring (bicyclic) bond motifs is 1. The molecule has 2 aromatic rings. The van der Waals surface area contributed by atoms with Gasteiger partial charge in [-0.05, 0) is 50.5 Å². The third-order valence-corrected chi connectivity index (χ3v) is 6.94. The van der Waals surface area contributed by atoms with Gasteiger partial charge in [-0.25, -0.2) is 0 Å². The smallest absolute Gasteiger partial charge is 0.235 e. The molecule has 1 aliphatic heterocycles. The van der Waals surface area contributed by atoms with Crippen LogP contribution in [-0.2, 0) is 4.79 Å². The van der Waals surface area contributed by atoms with Gasteiger partial charge >= 0.3 is 0 Å². The molecule has 1 aromatic carbocycles. The lowest BCUT2D eigenvalue weighted by Gasteiger charge is -2.27. The molecule has 1 N–H and O–H groups in total. The molecular weight excluding hydrogens is 398 g/mol. The first-order valence-corrected chi connectivity index (χ1v) is 11.5. The molecule has 2 heterocycles. The number of amides is 1. The number of carbonyl (C=O) groups excluding carboxylic acids is 1. The zero-order valence-corrected chi connectivity index (χ0v) is 18.3. The summed E-state index contributed by atoms with van der Waals surface area (Å²) in [4.78, 5) is 13.7. The SMILES string of the molecule is Cc1c(C#N)c(NC(=O)CSc2ccc3c(c2)OCCO3)n(C2CCCCC2)c1C. The lowest BCUT2D eigenvalue weighted by molar-refractivity contribution is -0.113. The number of hydrogen-bond acceptors (Lipinski definition) is 5. The van der Waals surface area contributed by atoms with Crippen LogP contribution >= 0.6 is 11.8 Å². The van der Waals surface area contributed by atoms with Gasteiger partial charge in [0.1, 0.15) is 25.1 Å². The molecule has 0 saturated heterocycles. The molecule has 1 fully saturated rings. The Hall–Kier alpha value is -2.59. The number of benzene rings is 1.